The van der Waals surface area contributed by atoms with Gasteiger partial charge in [-0.25, -0.2) is 9.78 Å². The number of carboxylic acids is 1. The molecule has 28 heavy (non-hydrogen) atoms. The maximum absolute atomic E-state index is 12.3. The van der Waals surface area contributed by atoms with Crippen LogP contribution in [0.4, 0.5) is 0 Å². The standard InChI is InChI=1S/C21H19N3O4/c1-11-10-24-12(2)16(9-17(24)19(22-11)21(26)27)14-5-7-15(8-6-14)18-13(3)28-23(4)20(18)25/h5-10H,1-4H3,(H,26,27). The van der Waals surface area contributed by atoms with Crippen LogP contribution in [0.1, 0.15) is 27.6 Å². The third-order valence-corrected chi connectivity index (χ3v) is 4.95. The Labute approximate surface area is 160 Å². The minimum atomic E-state index is -1.06. The predicted octanol–water partition coefficient (Wildman–Crippen LogP) is 3.58. The lowest BCUT2D eigenvalue weighted by atomic mass is 10.0. The summed E-state index contributed by atoms with van der Waals surface area (Å²) in [6.45, 7) is 5.48. The molecule has 0 saturated heterocycles. The molecular formula is C21H19N3O4. The Morgan fingerprint density at radius 1 is 1.11 bits per heavy atom. The second kappa shape index (κ2) is 6.23. The number of aromatic carboxylic acids is 1. The molecule has 0 spiro atoms. The Hall–Kier alpha value is -3.61. The van der Waals surface area contributed by atoms with Crippen molar-refractivity contribution in [3.63, 3.8) is 0 Å². The fourth-order valence-corrected chi connectivity index (χ4v) is 3.61. The van der Waals surface area contributed by atoms with Gasteiger partial charge in [0.25, 0.3) is 5.56 Å². The molecule has 3 aromatic heterocycles. The third-order valence-electron chi connectivity index (χ3n) is 4.95. The minimum Gasteiger partial charge on any atom is -0.476 e. The Bertz CT molecular complexity index is 1290. The first-order chi connectivity index (χ1) is 13.3. The van der Waals surface area contributed by atoms with Crippen LogP contribution in [0.15, 0.2) is 45.8 Å². The SMILES string of the molecule is Cc1cn2c(C)c(-c3ccc(-c4c(C)on(C)c4=O)cc3)cc2c(C(=O)O)n1. The number of aryl methyl sites for hydroxylation is 4. The van der Waals surface area contributed by atoms with E-state index in [9.17, 15) is 14.7 Å². The van der Waals surface area contributed by atoms with Crippen molar-refractivity contribution in [2.45, 2.75) is 20.8 Å². The Morgan fingerprint density at radius 2 is 1.75 bits per heavy atom. The highest BCUT2D eigenvalue weighted by molar-refractivity contribution is 5.95. The van der Waals surface area contributed by atoms with E-state index in [2.05, 4.69) is 4.98 Å². The summed E-state index contributed by atoms with van der Waals surface area (Å²) >= 11 is 0. The number of fused-ring (bicyclic) bond motifs is 1. The van der Waals surface area contributed by atoms with Gasteiger partial charge in [0.1, 0.15) is 5.76 Å². The summed E-state index contributed by atoms with van der Waals surface area (Å²) in [7, 11) is 1.58. The molecule has 7 nitrogen and oxygen atoms in total. The van der Waals surface area contributed by atoms with E-state index in [0.717, 1.165) is 22.4 Å². The molecule has 4 rings (SSSR count). The van der Waals surface area contributed by atoms with Crippen molar-refractivity contribution >= 4 is 11.5 Å². The molecule has 0 saturated carbocycles. The largest absolute Gasteiger partial charge is 0.476 e. The van der Waals surface area contributed by atoms with Crippen LogP contribution in [0.2, 0.25) is 0 Å². The zero-order chi connectivity index (χ0) is 20.2. The Balaban J connectivity index is 1.85. The molecule has 0 fully saturated rings. The summed E-state index contributed by atoms with van der Waals surface area (Å²) in [5.74, 6) is -0.488. The monoisotopic (exact) mass is 377 g/mol. The van der Waals surface area contributed by atoms with Crippen molar-refractivity contribution in [1.29, 1.82) is 0 Å². The summed E-state index contributed by atoms with van der Waals surface area (Å²) in [5.41, 5.74) is 5.13. The first-order valence-corrected chi connectivity index (χ1v) is 8.78. The van der Waals surface area contributed by atoms with Crippen LogP contribution in [0.5, 0.6) is 0 Å². The molecule has 0 aliphatic rings. The van der Waals surface area contributed by atoms with E-state index < -0.39 is 5.97 Å². The lowest BCUT2D eigenvalue weighted by molar-refractivity contribution is 0.0692. The van der Waals surface area contributed by atoms with E-state index in [-0.39, 0.29) is 11.3 Å². The zero-order valence-corrected chi connectivity index (χ0v) is 16.0. The molecule has 3 heterocycles. The quantitative estimate of drug-likeness (QED) is 0.589. The zero-order valence-electron chi connectivity index (χ0n) is 16.0. The van der Waals surface area contributed by atoms with Gasteiger partial charge in [0.15, 0.2) is 5.69 Å². The van der Waals surface area contributed by atoms with Crippen molar-refractivity contribution in [3.05, 3.63) is 69.7 Å². The van der Waals surface area contributed by atoms with Crippen LogP contribution >= 0.6 is 0 Å². The first-order valence-electron chi connectivity index (χ1n) is 8.78. The molecule has 0 radical (unpaired) electrons. The van der Waals surface area contributed by atoms with E-state index >= 15 is 0 Å². The van der Waals surface area contributed by atoms with Crippen LogP contribution < -0.4 is 5.56 Å². The molecule has 7 heteroatoms. The van der Waals surface area contributed by atoms with Gasteiger partial charge < -0.3 is 14.0 Å². The molecule has 1 aromatic carbocycles. The summed E-state index contributed by atoms with van der Waals surface area (Å²) in [5, 5.41) is 9.48. The van der Waals surface area contributed by atoms with Gasteiger partial charge in [-0.05, 0) is 38.0 Å². The van der Waals surface area contributed by atoms with E-state index in [4.69, 9.17) is 4.52 Å². The van der Waals surface area contributed by atoms with Crippen molar-refractivity contribution < 1.29 is 14.4 Å². The number of aromatic nitrogens is 3. The molecule has 0 bridgehead atoms. The van der Waals surface area contributed by atoms with Crippen molar-refractivity contribution in [2.75, 3.05) is 0 Å². The predicted molar refractivity (Wildman–Crippen MR) is 105 cm³/mol. The van der Waals surface area contributed by atoms with Crippen molar-refractivity contribution in [1.82, 2.24) is 14.1 Å². The summed E-state index contributed by atoms with van der Waals surface area (Å²) < 4.78 is 8.43. The molecule has 0 atom stereocenters. The van der Waals surface area contributed by atoms with Crippen LogP contribution in [-0.2, 0) is 7.05 Å². The number of hydrogen-bond acceptors (Lipinski definition) is 4. The molecule has 0 aliphatic carbocycles. The number of rotatable bonds is 3. The molecule has 4 aromatic rings. The fraction of sp³-hybridized carbons (Fsp3) is 0.190. The lowest BCUT2D eigenvalue weighted by Gasteiger charge is -2.05. The fourth-order valence-electron chi connectivity index (χ4n) is 3.61. The second-order valence-electron chi connectivity index (χ2n) is 6.84. The topological polar surface area (TPSA) is 89.7 Å². The van der Waals surface area contributed by atoms with Gasteiger partial charge >= 0.3 is 5.97 Å². The van der Waals surface area contributed by atoms with Gasteiger partial charge in [-0.1, -0.05) is 24.3 Å². The van der Waals surface area contributed by atoms with E-state index in [1.54, 1.807) is 20.9 Å². The van der Waals surface area contributed by atoms with Crippen molar-refractivity contribution in [3.8, 4) is 22.3 Å². The molecule has 142 valence electrons. The van der Waals surface area contributed by atoms with E-state index in [1.165, 1.54) is 4.74 Å². The van der Waals surface area contributed by atoms with Gasteiger partial charge in [-0.2, -0.15) is 4.74 Å². The highest BCUT2D eigenvalue weighted by Gasteiger charge is 2.18. The number of carboxylic acid groups (broad SMARTS) is 1. The third kappa shape index (κ3) is 2.63. The smallest absolute Gasteiger partial charge is 0.356 e. The van der Waals surface area contributed by atoms with Gasteiger partial charge in [0, 0.05) is 24.5 Å². The molecular weight excluding hydrogens is 358 g/mol. The number of nitrogens with zero attached hydrogens (tertiary/aromatic N) is 3. The van der Waals surface area contributed by atoms with Crippen molar-refractivity contribution in [2.24, 2.45) is 7.05 Å². The number of benzene rings is 1. The first kappa shape index (κ1) is 17.8. The van der Waals surface area contributed by atoms with Crippen LogP contribution in [0, 0.1) is 20.8 Å². The molecule has 1 N–H and O–H groups in total. The lowest BCUT2D eigenvalue weighted by Crippen LogP contribution is -2.11. The van der Waals surface area contributed by atoms with Crippen LogP contribution in [-0.4, -0.2) is 25.2 Å². The summed E-state index contributed by atoms with van der Waals surface area (Å²) in [6.07, 6.45) is 1.83. The average molecular weight is 377 g/mol. The minimum absolute atomic E-state index is 0.0310. The average Bonchev–Trinajstić information content (AvgIpc) is 3.11. The van der Waals surface area contributed by atoms with Crippen LogP contribution in [0.3, 0.4) is 0 Å². The van der Waals surface area contributed by atoms with Gasteiger partial charge in [0.05, 0.1) is 16.8 Å². The molecule has 0 unspecified atom stereocenters. The van der Waals surface area contributed by atoms with Gasteiger partial charge in [-0.15, -0.1) is 0 Å². The van der Waals surface area contributed by atoms with Gasteiger partial charge in [-0.3, -0.25) is 4.79 Å². The van der Waals surface area contributed by atoms with Gasteiger partial charge in [0.2, 0.25) is 0 Å². The number of hydrogen-bond donors (Lipinski definition) is 1. The Kier molecular flexibility index (Phi) is 3.96. The molecule has 0 amide bonds. The summed E-state index contributed by atoms with van der Waals surface area (Å²) in [6, 6.07) is 9.42. The maximum Gasteiger partial charge on any atom is 0.356 e. The Morgan fingerprint density at radius 3 is 2.32 bits per heavy atom. The summed E-state index contributed by atoms with van der Waals surface area (Å²) in [4.78, 5) is 28.0. The highest BCUT2D eigenvalue weighted by atomic mass is 16.5. The van der Waals surface area contributed by atoms with E-state index in [1.807, 2.05) is 47.9 Å². The van der Waals surface area contributed by atoms with Crippen LogP contribution in [0.25, 0.3) is 27.8 Å². The second-order valence-corrected chi connectivity index (χ2v) is 6.84. The number of carbonyl (C=O) groups is 1. The normalized spacial score (nSPS) is 11.3. The molecule has 0 aliphatic heterocycles. The maximum atomic E-state index is 12.3. The van der Waals surface area contributed by atoms with E-state index in [0.29, 0.717) is 22.5 Å². The highest BCUT2D eigenvalue weighted by Crippen LogP contribution is 2.30.